The van der Waals surface area contributed by atoms with E-state index < -0.39 is 17.3 Å². The maximum atomic E-state index is 10.4. The van der Waals surface area contributed by atoms with Crippen LogP contribution in [0.3, 0.4) is 0 Å². The molecule has 0 fully saturated rings. The third-order valence-electron chi connectivity index (χ3n) is 1.21. The normalized spacial score (nSPS) is 11.0. The molecule has 0 saturated heterocycles. The van der Waals surface area contributed by atoms with E-state index in [4.69, 9.17) is 10.8 Å². The molecule has 4 nitrogen and oxygen atoms in total. The van der Waals surface area contributed by atoms with Crippen LogP contribution >= 0.6 is 0 Å². The molecule has 1 amide bonds. The van der Waals surface area contributed by atoms with E-state index in [1.165, 1.54) is 13.8 Å². The molecular formula is C6H10NO3. The lowest BCUT2D eigenvalue weighted by atomic mass is 9.89. The van der Waals surface area contributed by atoms with Gasteiger partial charge in [0.2, 0.25) is 5.91 Å². The van der Waals surface area contributed by atoms with Crippen LogP contribution in [0.5, 0.6) is 0 Å². The predicted octanol–water partition coefficient (Wildman–Crippen LogP) is 0.297. The van der Waals surface area contributed by atoms with Crippen molar-refractivity contribution in [2.75, 3.05) is 0 Å². The summed E-state index contributed by atoms with van der Waals surface area (Å²) in [6.45, 7) is 2.88. The third-order valence-corrected chi connectivity index (χ3v) is 1.21. The molecule has 0 bridgehead atoms. The number of carboxylic acid groups (broad SMARTS) is 1. The van der Waals surface area contributed by atoms with Crippen molar-refractivity contribution in [1.29, 1.82) is 0 Å². The van der Waals surface area contributed by atoms with Crippen LogP contribution < -0.4 is 5.73 Å². The molecule has 57 valence electrons. The van der Waals surface area contributed by atoms with Gasteiger partial charge in [-0.2, -0.15) is 0 Å². The Morgan fingerprint density at radius 3 is 2.00 bits per heavy atom. The van der Waals surface area contributed by atoms with Gasteiger partial charge in [-0.1, -0.05) is 13.8 Å². The van der Waals surface area contributed by atoms with Crippen LogP contribution in [0.25, 0.3) is 0 Å². The van der Waals surface area contributed by atoms with Crippen molar-refractivity contribution in [3.63, 3.8) is 0 Å². The molecule has 0 aliphatic heterocycles. The quantitative estimate of drug-likeness (QED) is 0.618. The van der Waals surface area contributed by atoms with Gasteiger partial charge in [-0.3, -0.25) is 15.3 Å². The molecule has 0 aromatic rings. The molecule has 0 aromatic heterocycles. The first-order chi connectivity index (χ1) is 4.36. The summed E-state index contributed by atoms with van der Waals surface area (Å²) in [6, 6.07) is 0. The van der Waals surface area contributed by atoms with E-state index in [9.17, 15) is 9.59 Å². The zero-order chi connectivity index (χ0) is 8.36. The van der Waals surface area contributed by atoms with Gasteiger partial charge in [0.25, 0.3) is 0 Å². The van der Waals surface area contributed by atoms with Crippen LogP contribution in [-0.2, 0) is 9.59 Å². The van der Waals surface area contributed by atoms with Crippen molar-refractivity contribution >= 4 is 11.9 Å². The summed E-state index contributed by atoms with van der Waals surface area (Å²) in [6.07, 6.45) is -0.282. The number of carboxylic acids is 1. The molecule has 0 atom stereocenters. The fraction of sp³-hybridized carbons (Fsp3) is 0.667. The first kappa shape index (κ1) is 8.94. The molecule has 1 radical (unpaired) electrons. The minimum Gasteiger partial charge on any atom is -0.481 e. The van der Waals surface area contributed by atoms with Gasteiger partial charge in [0.1, 0.15) is 0 Å². The van der Waals surface area contributed by atoms with Gasteiger partial charge in [-0.25, -0.2) is 0 Å². The Morgan fingerprint density at radius 1 is 1.50 bits per heavy atom. The Balaban J connectivity index is 4.13. The summed E-state index contributed by atoms with van der Waals surface area (Å²) < 4.78 is 0. The molecular weight excluding hydrogens is 134 g/mol. The van der Waals surface area contributed by atoms with Gasteiger partial charge in [0, 0.05) is 0 Å². The van der Waals surface area contributed by atoms with Gasteiger partial charge < -0.3 is 5.11 Å². The van der Waals surface area contributed by atoms with Gasteiger partial charge >= 0.3 is 5.97 Å². The Labute approximate surface area is 59.0 Å². The number of rotatable bonds is 3. The fourth-order valence-electron chi connectivity index (χ4n) is 0.458. The van der Waals surface area contributed by atoms with Gasteiger partial charge in [0.05, 0.1) is 11.8 Å². The molecule has 4 heteroatoms. The number of aliphatic carboxylic acids is 1. The summed E-state index contributed by atoms with van der Waals surface area (Å²) in [7, 11) is 0. The minimum atomic E-state index is -1.05. The highest BCUT2D eigenvalue weighted by atomic mass is 16.4. The second kappa shape index (κ2) is 2.68. The van der Waals surface area contributed by atoms with Crippen molar-refractivity contribution in [2.45, 2.75) is 20.3 Å². The summed E-state index contributed by atoms with van der Waals surface area (Å²) in [5.41, 5.74) is 5.62. The van der Waals surface area contributed by atoms with Crippen molar-refractivity contribution in [1.82, 2.24) is 5.73 Å². The van der Waals surface area contributed by atoms with E-state index in [-0.39, 0.29) is 6.42 Å². The second-order valence-electron chi connectivity index (χ2n) is 2.78. The highest BCUT2D eigenvalue weighted by Gasteiger charge is 2.28. The van der Waals surface area contributed by atoms with Gasteiger partial charge in [-0.05, 0) is 0 Å². The average Bonchev–Trinajstić information content (AvgIpc) is 1.60. The Hall–Kier alpha value is -1.06. The molecule has 0 rings (SSSR count). The van der Waals surface area contributed by atoms with E-state index in [0.29, 0.717) is 0 Å². The third kappa shape index (κ3) is 2.48. The van der Waals surface area contributed by atoms with E-state index >= 15 is 0 Å². The number of hydrogen-bond acceptors (Lipinski definition) is 2. The summed E-state index contributed by atoms with van der Waals surface area (Å²) in [5, 5.41) is 8.26. The smallest absolute Gasteiger partial charge is 0.304 e. The molecule has 0 heterocycles. The van der Waals surface area contributed by atoms with Crippen molar-refractivity contribution in [3.8, 4) is 0 Å². The van der Waals surface area contributed by atoms with E-state index in [1.54, 1.807) is 0 Å². The Kier molecular flexibility index (Phi) is 2.40. The zero-order valence-electron chi connectivity index (χ0n) is 5.97. The van der Waals surface area contributed by atoms with E-state index in [0.717, 1.165) is 0 Å². The number of carbonyl (C=O) groups is 2. The number of nitrogens with one attached hydrogen (secondary N) is 1. The Bertz CT molecular complexity index is 162. The van der Waals surface area contributed by atoms with Crippen LogP contribution in [0, 0.1) is 5.41 Å². The lowest BCUT2D eigenvalue weighted by molar-refractivity contribution is -0.143. The molecule has 10 heavy (non-hydrogen) atoms. The monoisotopic (exact) mass is 144 g/mol. The molecule has 2 N–H and O–H groups in total. The van der Waals surface area contributed by atoms with Crippen LogP contribution in [-0.4, -0.2) is 17.0 Å². The average molecular weight is 144 g/mol. The second-order valence-corrected chi connectivity index (χ2v) is 2.78. The summed E-state index contributed by atoms with van der Waals surface area (Å²) >= 11 is 0. The minimum absolute atomic E-state index is 0.282. The fourth-order valence-corrected chi connectivity index (χ4v) is 0.458. The predicted molar refractivity (Wildman–Crippen MR) is 34.1 cm³/mol. The number of carbonyl (C=O) groups excluding carboxylic acids is 1. The van der Waals surface area contributed by atoms with Crippen LogP contribution in [0.1, 0.15) is 20.3 Å². The topological polar surface area (TPSA) is 78.2 Å². The molecule has 0 saturated carbocycles. The number of hydrogen-bond donors (Lipinski definition) is 1. The standard InChI is InChI=1S/C6H10NO3/c1-6(2,5(7)10)3-4(8)9/h7H,3H2,1-2H3,(H,8,9). The van der Waals surface area contributed by atoms with E-state index in [2.05, 4.69) is 0 Å². The van der Waals surface area contributed by atoms with Crippen molar-refractivity contribution < 1.29 is 14.7 Å². The summed E-state index contributed by atoms with van der Waals surface area (Å²) in [4.78, 5) is 20.5. The molecule has 0 aromatic carbocycles. The zero-order valence-corrected chi connectivity index (χ0v) is 5.97. The van der Waals surface area contributed by atoms with E-state index in [1.807, 2.05) is 0 Å². The Morgan fingerprint density at radius 2 is 1.90 bits per heavy atom. The molecule has 0 aliphatic rings. The first-order valence-corrected chi connectivity index (χ1v) is 2.84. The maximum Gasteiger partial charge on any atom is 0.304 e. The van der Waals surface area contributed by atoms with Crippen LogP contribution in [0.15, 0.2) is 0 Å². The highest BCUT2D eigenvalue weighted by molar-refractivity contribution is 5.84. The SMILES string of the molecule is CC(C)(CC(=O)O)C([NH])=O. The van der Waals surface area contributed by atoms with Gasteiger partial charge in [-0.15, -0.1) is 0 Å². The maximum absolute atomic E-state index is 10.4. The lowest BCUT2D eigenvalue weighted by Gasteiger charge is -2.15. The molecule has 0 spiro atoms. The lowest BCUT2D eigenvalue weighted by Crippen LogP contribution is -2.27. The molecule has 0 aliphatic carbocycles. The van der Waals surface area contributed by atoms with Crippen molar-refractivity contribution in [2.24, 2.45) is 5.41 Å². The van der Waals surface area contributed by atoms with Crippen molar-refractivity contribution in [3.05, 3.63) is 0 Å². The van der Waals surface area contributed by atoms with Gasteiger partial charge in [0.15, 0.2) is 0 Å². The number of amides is 1. The highest BCUT2D eigenvalue weighted by Crippen LogP contribution is 2.19. The van der Waals surface area contributed by atoms with Crippen LogP contribution in [0.4, 0.5) is 0 Å². The molecule has 0 unspecified atom stereocenters. The largest absolute Gasteiger partial charge is 0.481 e. The first-order valence-electron chi connectivity index (χ1n) is 2.84. The van der Waals surface area contributed by atoms with Crippen LogP contribution in [0.2, 0.25) is 0 Å². The summed E-state index contributed by atoms with van der Waals surface area (Å²) in [5.74, 6) is -1.89.